The van der Waals surface area contributed by atoms with E-state index in [9.17, 15) is 9.59 Å². The molecule has 2 heterocycles. The SMILES string of the molecule is O=C(O)/C=C/c1cnccc1C(=O)NCc1ccno1. The van der Waals surface area contributed by atoms with Crippen LogP contribution in [0.5, 0.6) is 0 Å². The second kappa shape index (κ2) is 6.28. The van der Waals surface area contributed by atoms with Crippen LogP contribution in [0.3, 0.4) is 0 Å². The normalized spacial score (nSPS) is 10.6. The van der Waals surface area contributed by atoms with Gasteiger partial charge in [-0.2, -0.15) is 0 Å². The number of carbonyl (C=O) groups excluding carboxylic acids is 1. The molecule has 2 aromatic rings. The smallest absolute Gasteiger partial charge is 0.328 e. The first-order valence-corrected chi connectivity index (χ1v) is 5.69. The Bertz CT molecular complexity index is 635. The van der Waals surface area contributed by atoms with Crippen LogP contribution in [0, 0.1) is 0 Å². The van der Waals surface area contributed by atoms with E-state index in [4.69, 9.17) is 9.63 Å². The van der Waals surface area contributed by atoms with Gasteiger partial charge in [0.15, 0.2) is 5.76 Å². The number of aliphatic carboxylic acids is 1. The number of hydrogen-bond donors (Lipinski definition) is 2. The third-order valence-corrected chi connectivity index (χ3v) is 2.42. The summed E-state index contributed by atoms with van der Waals surface area (Å²) in [5, 5.41) is 14.8. The maximum atomic E-state index is 12.0. The quantitative estimate of drug-likeness (QED) is 0.790. The number of aromatic nitrogens is 2. The second-order valence-electron chi connectivity index (χ2n) is 3.80. The van der Waals surface area contributed by atoms with Gasteiger partial charge in [-0.15, -0.1) is 0 Å². The van der Waals surface area contributed by atoms with Crippen LogP contribution >= 0.6 is 0 Å². The van der Waals surface area contributed by atoms with Crippen molar-refractivity contribution in [3.63, 3.8) is 0 Å². The summed E-state index contributed by atoms with van der Waals surface area (Å²) in [6.45, 7) is 0.198. The Hall–Kier alpha value is -2.96. The molecule has 0 aliphatic heterocycles. The number of amides is 1. The predicted octanol–water partition coefficient (Wildman–Crippen LogP) is 1.10. The summed E-state index contributed by atoms with van der Waals surface area (Å²) in [5.41, 5.74) is 0.752. The third-order valence-electron chi connectivity index (χ3n) is 2.42. The molecule has 2 aromatic heterocycles. The summed E-state index contributed by atoms with van der Waals surface area (Å²) in [6.07, 6.45) is 6.63. The van der Waals surface area contributed by atoms with Crippen molar-refractivity contribution in [3.8, 4) is 0 Å². The molecule has 0 aliphatic rings. The summed E-state index contributed by atoms with van der Waals surface area (Å²) in [4.78, 5) is 26.4. The number of hydrogen-bond acceptors (Lipinski definition) is 5. The molecule has 0 aliphatic carbocycles. The first-order chi connectivity index (χ1) is 9.66. The molecule has 2 rings (SSSR count). The Labute approximate surface area is 113 Å². The summed E-state index contributed by atoms with van der Waals surface area (Å²) in [5.74, 6) is -0.925. The fraction of sp³-hybridized carbons (Fsp3) is 0.0769. The molecule has 2 N–H and O–H groups in total. The number of rotatable bonds is 5. The molecule has 102 valence electrons. The van der Waals surface area contributed by atoms with Gasteiger partial charge in [0.05, 0.1) is 12.7 Å². The van der Waals surface area contributed by atoms with E-state index in [0.29, 0.717) is 16.9 Å². The molecule has 7 heteroatoms. The number of carboxylic acids is 1. The Morgan fingerprint density at radius 3 is 2.90 bits per heavy atom. The minimum Gasteiger partial charge on any atom is -0.478 e. The van der Waals surface area contributed by atoms with E-state index in [2.05, 4.69) is 15.5 Å². The van der Waals surface area contributed by atoms with Gasteiger partial charge in [-0.05, 0) is 12.1 Å². The van der Waals surface area contributed by atoms with Crippen molar-refractivity contribution in [2.75, 3.05) is 0 Å². The molecule has 0 radical (unpaired) electrons. The minimum absolute atomic E-state index is 0.198. The van der Waals surface area contributed by atoms with E-state index in [1.165, 1.54) is 30.7 Å². The zero-order valence-corrected chi connectivity index (χ0v) is 10.3. The van der Waals surface area contributed by atoms with Gasteiger partial charge in [-0.1, -0.05) is 5.16 Å². The molecule has 0 saturated carbocycles. The lowest BCUT2D eigenvalue weighted by Crippen LogP contribution is -2.23. The lowest BCUT2D eigenvalue weighted by Gasteiger charge is -2.05. The maximum absolute atomic E-state index is 12.0. The third kappa shape index (κ3) is 3.52. The number of carboxylic acid groups (broad SMARTS) is 1. The zero-order chi connectivity index (χ0) is 14.4. The topological polar surface area (TPSA) is 105 Å². The molecule has 0 spiro atoms. The van der Waals surface area contributed by atoms with Gasteiger partial charge in [0.25, 0.3) is 5.91 Å². The lowest BCUT2D eigenvalue weighted by atomic mass is 10.1. The molecule has 7 nitrogen and oxygen atoms in total. The number of nitrogens with zero attached hydrogens (tertiary/aromatic N) is 2. The van der Waals surface area contributed by atoms with Crippen LogP contribution in [0.2, 0.25) is 0 Å². The Morgan fingerprint density at radius 2 is 2.20 bits per heavy atom. The molecular weight excluding hydrogens is 262 g/mol. The fourth-order valence-corrected chi connectivity index (χ4v) is 1.50. The van der Waals surface area contributed by atoms with Crippen molar-refractivity contribution >= 4 is 18.0 Å². The van der Waals surface area contributed by atoms with Crippen LogP contribution in [-0.2, 0) is 11.3 Å². The number of carbonyl (C=O) groups is 2. The van der Waals surface area contributed by atoms with Gasteiger partial charge in [0.1, 0.15) is 0 Å². The van der Waals surface area contributed by atoms with E-state index in [1.54, 1.807) is 6.07 Å². The van der Waals surface area contributed by atoms with Gasteiger partial charge >= 0.3 is 5.97 Å². The molecule has 20 heavy (non-hydrogen) atoms. The molecule has 0 aromatic carbocycles. The molecule has 1 amide bonds. The zero-order valence-electron chi connectivity index (χ0n) is 10.3. The van der Waals surface area contributed by atoms with Gasteiger partial charge in [-0.3, -0.25) is 9.78 Å². The van der Waals surface area contributed by atoms with Gasteiger partial charge in [0, 0.05) is 35.7 Å². The van der Waals surface area contributed by atoms with Crippen molar-refractivity contribution in [3.05, 3.63) is 53.7 Å². The number of nitrogens with one attached hydrogen (secondary N) is 1. The standard InChI is InChI=1S/C13H11N3O4/c17-12(18)2-1-9-7-14-5-4-11(9)13(19)15-8-10-3-6-16-20-10/h1-7H,8H2,(H,15,19)(H,17,18)/b2-1+. The second-order valence-corrected chi connectivity index (χ2v) is 3.80. The van der Waals surface area contributed by atoms with Crippen LogP contribution in [0.15, 0.2) is 41.3 Å². The molecule has 0 bridgehead atoms. The van der Waals surface area contributed by atoms with E-state index in [1.807, 2.05) is 0 Å². The van der Waals surface area contributed by atoms with Crippen molar-refractivity contribution in [1.82, 2.24) is 15.5 Å². The van der Waals surface area contributed by atoms with Gasteiger partial charge < -0.3 is 14.9 Å². The molecule has 0 fully saturated rings. The molecule has 0 unspecified atom stereocenters. The van der Waals surface area contributed by atoms with Gasteiger partial charge in [0.2, 0.25) is 0 Å². The lowest BCUT2D eigenvalue weighted by molar-refractivity contribution is -0.131. The monoisotopic (exact) mass is 273 g/mol. The van der Waals surface area contributed by atoms with Crippen molar-refractivity contribution in [2.45, 2.75) is 6.54 Å². The highest BCUT2D eigenvalue weighted by atomic mass is 16.5. The van der Waals surface area contributed by atoms with E-state index in [0.717, 1.165) is 6.08 Å². The average Bonchev–Trinajstić information content (AvgIpc) is 2.96. The van der Waals surface area contributed by atoms with E-state index in [-0.39, 0.29) is 12.5 Å². The van der Waals surface area contributed by atoms with E-state index < -0.39 is 5.97 Å². The summed E-state index contributed by atoms with van der Waals surface area (Å²) >= 11 is 0. The minimum atomic E-state index is -1.10. The predicted molar refractivity (Wildman–Crippen MR) is 68.6 cm³/mol. The fourth-order valence-electron chi connectivity index (χ4n) is 1.50. The van der Waals surface area contributed by atoms with E-state index >= 15 is 0 Å². The largest absolute Gasteiger partial charge is 0.478 e. The maximum Gasteiger partial charge on any atom is 0.328 e. The van der Waals surface area contributed by atoms with Crippen LogP contribution in [-0.4, -0.2) is 27.1 Å². The Morgan fingerprint density at radius 1 is 1.35 bits per heavy atom. The average molecular weight is 273 g/mol. The van der Waals surface area contributed by atoms with Crippen molar-refractivity contribution in [2.24, 2.45) is 0 Å². The molecular formula is C13H11N3O4. The van der Waals surface area contributed by atoms with Crippen LogP contribution in [0.25, 0.3) is 6.08 Å². The van der Waals surface area contributed by atoms with Gasteiger partial charge in [-0.25, -0.2) is 4.79 Å². The van der Waals surface area contributed by atoms with Crippen molar-refractivity contribution < 1.29 is 19.2 Å². The highest BCUT2D eigenvalue weighted by Crippen LogP contribution is 2.09. The number of pyridine rings is 1. The van der Waals surface area contributed by atoms with Crippen LogP contribution < -0.4 is 5.32 Å². The first kappa shape index (κ1) is 13.5. The summed E-state index contributed by atoms with van der Waals surface area (Å²) < 4.78 is 4.86. The summed E-state index contributed by atoms with van der Waals surface area (Å²) in [7, 11) is 0. The molecule has 0 atom stereocenters. The Kier molecular flexibility index (Phi) is 4.23. The first-order valence-electron chi connectivity index (χ1n) is 5.69. The van der Waals surface area contributed by atoms with Crippen LogP contribution in [0.4, 0.5) is 0 Å². The van der Waals surface area contributed by atoms with Crippen LogP contribution in [0.1, 0.15) is 21.7 Å². The Balaban J connectivity index is 2.11. The van der Waals surface area contributed by atoms with Crippen molar-refractivity contribution in [1.29, 1.82) is 0 Å². The summed E-state index contributed by atoms with van der Waals surface area (Å²) in [6, 6.07) is 3.15. The highest BCUT2D eigenvalue weighted by molar-refractivity contribution is 5.98. The molecule has 0 saturated heterocycles. The highest BCUT2D eigenvalue weighted by Gasteiger charge is 2.10.